The van der Waals surface area contributed by atoms with Crippen molar-refractivity contribution >= 4 is 39.9 Å². The molecule has 0 bridgehead atoms. The molecule has 3 heterocycles. The van der Waals surface area contributed by atoms with E-state index in [2.05, 4.69) is 5.32 Å². The number of anilines is 2. The van der Waals surface area contributed by atoms with Gasteiger partial charge in [-0.2, -0.15) is 0 Å². The van der Waals surface area contributed by atoms with Crippen LogP contribution in [0.25, 0.3) is 10.8 Å². The Labute approximate surface area is 179 Å². The van der Waals surface area contributed by atoms with Crippen LogP contribution in [-0.2, 0) is 19.9 Å². The number of likely N-dealkylation sites (N-methyl/N-ethyl adjacent to an activating group) is 1. The zero-order valence-electron chi connectivity index (χ0n) is 17.2. The molecule has 3 aliphatic rings. The third kappa shape index (κ3) is 2.08. The van der Waals surface area contributed by atoms with E-state index in [1.807, 2.05) is 67.6 Å². The van der Waals surface area contributed by atoms with E-state index in [9.17, 15) is 14.4 Å². The summed E-state index contributed by atoms with van der Waals surface area (Å²) < 4.78 is 0. The molecule has 0 aliphatic carbocycles. The van der Waals surface area contributed by atoms with Gasteiger partial charge < -0.3 is 4.90 Å². The van der Waals surface area contributed by atoms with Crippen molar-refractivity contribution in [2.45, 2.75) is 18.5 Å². The van der Waals surface area contributed by atoms with Gasteiger partial charge in [-0.1, -0.05) is 54.6 Å². The largest absolute Gasteiger partial charge is 0.313 e. The summed E-state index contributed by atoms with van der Waals surface area (Å²) in [6.45, 7) is 1.89. The minimum Gasteiger partial charge on any atom is -0.313 e. The molecule has 0 aromatic heterocycles. The zero-order valence-corrected chi connectivity index (χ0v) is 17.2. The van der Waals surface area contributed by atoms with Crippen LogP contribution in [0.15, 0.2) is 66.7 Å². The van der Waals surface area contributed by atoms with Crippen molar-refractivity contribution in [2.75, 3.05) is 16.8 Å². The third-order valence-electron chi connectivity index (χ3n) is 7.15. The molecule has 2 saturated heterocycles. The van der Waals surface area contributed by atoms with Gasteiger partial charge in [0.25, 0.3) is 5.91 Å². The molecule has 2 fully saturated rings. The molecule has 4 unspecified atom stereocenters. The molecule has 6 nitrogen and oxygen atoms in total. The van der Waals surface area contributed by atoms with Crippen LogP contribution in [-0.4, -0.2) is 30.8 Å². The predicted molar refractivity (Wildman–Crippen MR) is 118 cm³/mol. The van der Waals surface area contributed by atoms with E-state index in [1.54, 1.807) is 18.0 Å². The van der Waals surface area contributed by atoms with Crippen LogP contribution in [0.3, 0.4) is 0 Å². The quantitative estimate of drug-likeness (QED) is 0.626. The first-order chi connectivity index (χ1) is 15.0. The number of rotatable bonds is 1. The van der Waals surface area contributed by atoms with Crippen molar-refractivity contribution in [1.82, 2.24) is 5.32 Å². The second-order valence-corrected chi connectivity index (χ2v) is 8.64. The molecular weight excluding hydrogens is 390 g/mol. The number of carbonyl (C=O) groups excluding carboxylic acids is 3. The van der Waals surface area contributed by atoms with E-state index in [4.69, 9.17) is 0 Å². The Morgan fingerprint density at radius 1 is 0.839 bits per heavy atom. The Morgan fingerprint density at radius 2 is 1.52 bits per heavy atom. The second-order valence-electron chi connectivity index (χ2n) is 8.64. The molecule has 1 N–H and O–H groups in total. The average Bonchev–Trinajstić information content (AvgIpc) is 3.32. The summed E-state index contributed by atoms with van der Waals surface area (Å²) in [4.78, 5) is 44.0. The van der Waals surface area contributed by atoms with Gasteiger partial charge in [0.2, 0.25) is 11.8 Å². The highest BCUT2D eigenvalue weighted by atomic mass is 16.2. The van der Waals surface area contributed by atoms with Gasteiger partial charge in [-0.25, -0.2) is 4.90 Å². The summed E-state index contributed by atoms with van der Waals surface area (Å²) in [5.41, 5.74) is 0.901. The van der Waals surface area contributed by atoms with E-state index in [1.165, 1.54) is 4.90 Å². The Balaban J connectivity index is 1.55. The summed E-state index contributed by atoms with van der Waals surface area (Å²) in [6, 6.07) is 20.5. The number of para-hydroxylation sites is 1. The number of carbonyl (C=O) groups is 3. The Bertz CT molecular complexity index is 1300. The molecule has 4 atom stereocenters. The van der Waals surface area contributed by atoms with Gasteiger partial charge in [0.1, 0.15) is 5.54 Å². The standard InChI is InChI=1S/C25H21N3O3/c1-14-20-21(25(26-14)17-11-5-6-12-19(17)27(2)24(25)31)23(30)28(22(20)29)18-13-7-9-15-8-3-4-10-16(15)18/h3-14,20-21,26H,1-2H3. The van der Waals surface area contributed by atoms with Crippen LogP contribution >= 0.6 is 0 Å². The van der Waals surface area contributed by atoms with E-state index in [0.29, 0.717) is 5.69 Å². The highest BCUT2D eigenvalue weighted by molar-refractivity contribution is 6.28. The van der Waals surface area contributed by atoms with Gasteiger partial charge in [0, 0.05) is 29.7 Å². The number of nitrogens with zero attached hydrogens (tertiary/aromatic N) is 2. The molecule has 3 aromatic rings. The SMILES string of the molecule is CC1NC2(C(=O)N(C)c3ccccc32)C2C(=O)N(c3cccc4ccccc34)C(=O)C12. The van der Waals surface area contributed by atoms with Crippen LogP contribution in [0, 0.1) is 11.8 Å². The number of fused-ring (bicyclic) bond motifs is 5. The lowest BCUT2D eigenvalue weighted by molar-refractivity contribution is -0.131. The number of amides is 3. The second kappa shape index (κ2) is 6.02. The zero-order chi connectivity index (χ0) is 21.5. The Morgan fingerprint density at radius 3 is 2.35 bits per heavy atom. The fourth-order valence-corrected chi connectivity index (χ4v) is 5.86. The summed E-state index contributed by atoms with van der Waals surface area (Å²) in [5.74, 6) is -2.14. The lowest BCUT2D eigenvalue weighted by atomic mass is 9.76. The maximum Gasteiger partial charge on any atom is 0.252 e. The van der Waals surface area contributed by atoms with E-state index < -0.39 is 17.4 Å². The van der Waals surface area contributed by atoms with Crippen molar-refractivity contribution in [1.29, 1.82) is 0 Å². The van der Waals surface area contributed by atoms with E-state index >= 15 is 0 Å². The lowest BCUT2D eigenvalue weighted by Crippen LogP contribution is -2.54. The number of benzene rings is 3. The van der Waals surface area contributed by atoms with Crippen LogP contribution in [0.2, 0.25) is 0 Å². The van der Waals surface area contributed by atoms with Crippen molar-refractivity contribution in [3.8, 4) is 0 Å². The Hall–Kier alpha value is -3.51. The highest BCUT2D eigenvalue weighted by Crippen LogP contribution is 2.54. The number of imide groups is 1. The smallest absolute Gasteiger partial charge is 0.252 e. The molecule has 3 aliphatic heterocycles. The summed E-state index contributed by atoms with van der Waals surface area (Å²) in [5, 5.41) is 5.18. The molecule has 31 heavy (non-hydrogen) atoms. The minimum atomic E-state index is -1.22. The van der Waals surface area contributed by atoms with Crippen LogP contribution < -0.4 is 15.1 Å². The number of nitrogens with one attached hydrogen (secondary N) is 1. The summed E-state index contributed by atoms with van der Waals surface area (Å²) in [7, 11) is 1.72. The topological polar surface area (TPSA) is 69.7 Å². The molecule has 3 aromatic carbocycles. The van der Waals surface area contributed by atoms with Gasteiger partial charge in [0.05, 0.1) is 17.5 Å². The normalized spacial score (nSPS) is 29.4. The van der Waals surface area contributed by atoms with E-state index in [0.717, 1.165) is 22.0 Å². The fraction of sp³-hybridized carbons (Fsp3) is 0.240. The monoisotopic (exact) mass is 411 g/mol. The number of hydrogen-bond acceptors (Lipinski definition) is 4. The van der Waals surface area contributed by atoms with Gasteiger partial charge in [-0.05, 0) is 24.4 Å². The predicted octanol–water partition coefficient (Wildman–Crippen LogP) is 2.81. The molecule has 154 valence electrons. The first kappa shape index (κ1) is 18.3. The van der Waals surface area contributed by atoms with Crippen molar-refractivity contribution in [3.63, 3.8) is 0 Å². The number of hydrogen-bond donors (Lipinski definition) is 1. The Kier molecular flexibility index (Phi) is 3.55. The lowest BCUT2D eigenvalue weighted by Gasteiger charge is -2.30. The molecule has 1 spiro atoms. The molecule has 0 radical (unpaired) electrons. The molecule has 3 amide bonds. The van der Waals surface area contributed by atoms with Crippen molar-refractivity contribution in [2.24, 2.45) is 11.8 Å². The molecule has 6 rings (SSSR count). The van der Waals surface area contributed by atoms with Crippen LogP contribution in [0.1, 0.15) is 12.5 Å². The van der Waals surface area contributed by atoms with Crippen molar-refractivity contribution in [3.05, 3.63) is 72.3 Å². The minimum absolute atomic E-state index is 0.186. The molecule has 6 heteroatoms. The molecular formula is C25H21N3O3. The van der Waals surface area contributed by atoms with Crippen molar-refractivity contribution < 1.29 is 14.4 Å². The van der Waals surface area contributed by atoms with Crippen LogP contribution in [0.5, 0.6) is 0 Å². The first-order valence-corrected chi connectivity index (χ1v) is 10.5. The van der Waals surface area contributed by atoms with E-state index in [-0.39, 0.29) is 23.8 Å². The maximum absolute atomic E-state index is 13.9. The average molecular weight is 411 g/mol. The summed E-state index contributed by atoms with van der Waals surface area (Å²) >= 11 is 0. The fourth-order valence-electron chi connectivity index (χ4n) is 5.86. The maximum atomic E-state index is 13.9. The summed E-state index contributed by atoms with van der Waals surface area (Å²) in [6.07, 6.45) is 0. The van der Waals surface area contributed by atoms with Gasteiger partial charge in [-0.15, -0.1) is 0 Å². The highest BCUT2D eigenvalue weighted by Gasteiger charge is 2.70. The van der Waals surface area contributed by atoms with Crippen LogP contribution in [0.4, 0.5) is 11.4 Å². The van der Waals surface area contributed by atoms with Gasteiger partial charge in [-0.3, -0.25) is 19.7 Å². The van der Waals surface area contributed by atoms with Gasteiger partial charge in [0.15, 0.2) is 0 Å². The third-order valence-corrected chi connectivity index (χ3v) is 7.15. The first-order valence-electron chi connectivity index (χ1n) is 10.5. The van der Waals surface area contributed by atoms with Gasteiger partial charge >= 0.3 is 0 Å². The molecule has 0 saturated carbocycles.